The van der Waals surface area contributed by atoms with Crippen molar-refractivity contribution in [1.82, 2.24) is 9.38 Å². The minimum atomic E-state index is -0.174. The van der Waals surface area contributed by atoms with Gasteiger partial charge in [-0.1, -0.05) is 50.6 Å². The Kier molecular flexibility index (Phi) is 3.02. The predicted octanol–water partition coefficient (Wildman–Crippen LogP) is 7.13. The lowest BCUT2D eigenvalue weighted by molar-refractivity contribution is 0.594. The van der Waals surface area contributed by atoms with E-state index in [9.17, 15) is 0 Å². The summed E-state index contributed by atoms with van der Waals surface area (Å²) in [6.07, 6.45) is 1.80. The summed E-state index contributed by atoms with van der Waals surface area (Å²) < 4.78 is 17.6. The standard InChI is InChI=1S/C26H21FN2/c1-14-11-17-23-21-15(9-10-28-23)13-19(27)22-16-7-5-6-8-20(16)29(25(21)22)24(17)18(12-14)26(2,3)4/h5-13H,1-4H3. The molecule has 3 aromatic heterocycles. The van der Waals surface area contributed by atoms with E-state index >= 15 is 4.39 Å². The van der Waals surface area contributed by atoms with E-state index in [4.69, 9.17) is 4.98 Å². The van der Waals surface area contributed by atoms with Crippen molar-refractivity contribution in [2.45, 2.75) is 33.1 Å². The molecule has 0 atom stereocenters. The molecule has 0 spiro atoms. The number of pyridine rings is 2. The summed E-state index contributed by atoms with van der Waals surface area (Å²) in [6, 6.07) is 16.2. The minimum Gasteiger partial charge on any atom is -0.307 e. The molecule has 29 heavy (non-hydrogen) atoms. The SMILES string of the molecule is Cc1cc(C(C)(C)C)c2c(c1)c1nccc3cc(F)c4c5ccccc5n2c4c31. The van der Waals surface area contributed by atoms with Crippen LogP contribution in [0.4, 0.5) is 4.39 Å². The highest BCUT2D eigenvalue weighted by Gasteiger charge is 2.26. The fourth-order valence-electron chi connectivity index (χ4n) is 4.98. The zero-order valence-electron chi connectivity index (χ0n) is 17.0. The zero-order valence-corrected chi connectivity index (χ0v) is 17.0. The average molecular weight is 380 g/mol. The molecule has 3 heterocycles. The summed E-state index contributed by atoms with van der Waals surface area (Å²) >= 11 is 0. The van der Waals surface area contributed by atoms with E-state index in [0.717, 1.165) is 43.6 Å². The Bertz CT molecular complexity index is 1600. The van der Waals surface area contributed by atoms with Gasteiger partial charge in [-0.2, -0.15) is 0 Å². The van der Waals surface area contributed by atoms with Crippen LogP contribution in [0.2, 0.25) is 0 Å². The minimum absolute atomic E-state index is 0.0630. The van der Waals surface area contributed by atoms with Gasteiger partial charge >= 0.3 is 0 Å². The van der Waals surface area contributed by atoms with Gasteiger partial charge in [-0.3, -0.25) is 4.98 Å². The number of benzene rings is 3. The molecule has 0 aliphatic rings. The Morgan fingerprint density at radius 3 is 2.48 bits per heavy atom. The van der Waals surface area contributed by atoms with Gasteiger partial charge in [0.15, 0.2) is 0 Å². The van der Waals surface area contributed by atoms with Gasteiger partial charge in [0.1, 0.15) is 5.82 Å². The molecule has 6 aromatic rings. The number of rotatable bonds is 0. The molecule has 3 aromatic carbocycles. The lowest BCUT2D eigenvalue weighted by Gasteiger charge is -2.24. The number of halogens is 1. The summed E-state index contributed by atoms with van der Waals surface area (Å²) in [5.74, 6) is -0.174. The van der Waals surface area contributed by atoms with E-state index in [1.807, 2.05) is 24.3 Å². The number of para-hydroxylation sites is 1. The first-order chi connectivity index (χ1) is 13.9. The second-order valence-corrected chi connectivity index (χ2v) is 9.15. The Balaban J connectivity index is 2.12. The number of aryl methyl sites for hydroxylation is 1. The predicted molar refractivity (Wildman–Crippen MR) is 120 cm³/mol. The van der Waals surface area contributed by atoms with Crippen LogP contribution in [0.25, 0.3) is 49.0 Å². The molecule has 0 radical (unpaired) electrons. The maximum atomic E-state index is 15.4. The van der Waals surface area contributed by atoms with Crippen molar-refractivity contribution < 1.29 is 4.39 Å². The Morgan fingerprint density at radius 1 is 0.897 bits per heavy atom. The van der Waals surface area contributed by atoms with E-state index in [1.165, 1.54) is 11.1 Å². The molecule has 0 fully saturated rings. The number of nitrogens with zero attached hydrogens (tertiary/aromatic N) is 2. The first-order valence-corrected chi connectivity index (χ1v) is 10.0. The summed E-state index contributed by atoms with van der Waals surface area (Å²) in [7, 11) is 0. The smallest absolute Gasteiger partial charge is 0.133 e. The lowest BCUT2D eigenvalue weighted by atomic mass is 9.84. The molecule has 0 saturated heterocycles. The van der Waals surface area contributed by atoms with Crippen LogP contribution >= 0.6 is 0 Å². The molecule has 0 aliphatic carbocycles. The average Bonchev–Trinajstić information content (AvgIpc) is 3.02. The van der Waals surface area contributed by atoms with Crippen LogP contribution in [-0.4, -0.2) is 9.38 Å². The van der Waals surface area contributed by atoms with Crippen molar-refractivity contribution in [3.05, 3.63) is 71.7 Å². The molecule has 2 nitrogen and oxygen atoms in total. The zero-order chi connectivity index (χ0) is 20.1. The molecule has 0 aliphatic heterocycles. The van der Waals surface area contributed by atoms with Gasteiger partial charge in [0.25, 0.3) is 0 Å². The van der Waals surface area contributed by atoms with Gasteiger partial charge in [-0.15, -0.1) is 0 Å². The van der Waals surface area contributed by atoms with Crippen molar-refractivity contribution in [2.75, 3.05) is 0 Å². The Morgan fingerprint density at radius 2 is 1.69 bits per heavy atom. The molecule has 142 valence electrons. The molecule has 0 amide bonds. The number of aromatic nitrogens is 2. The van der Waals surface area contributed by atoms with Gasteiger partial charge in [0.05, 0.1) is 22.1 Å². The van der Waals surface area contributed by atoms with Crippen molar-refractivity contribution >= 4 is 49.0 Å². The van der Waals surface area contributed by atoms with E-state index < -0.39 is 0 Å². The maximum Gasteiger partial charge on any atom is 0.133 e. The van der Waals surface area contributed by atoms with Gasteiger partial charge in [0, 0.05) is 27.7 Å². The molecule has 0 unspecified atom stereocenters. The van der Waals surface area contributed by atoms with E-state index in [0.29, 0.717) is 5.39 Å². The third-order valence-corrected chi connectivity index (χ3v) is 6.16. The normalized spacial score (nSPS) is 13.0. The molecular weight excluding hydrogens is 359 g/mol. The fourth-order valence-corrected chi connectivity index (χ4v) is 4.98. The highest BCUT2D eigenvalue weighted by Crippen LogP contribution is 2.44. The molecule has 0 bridgehead atoms. The highest BCUT2D eigenvalue weighted by atomic mass is 19.1. The number of hydrogen-bond acceptors (Lipinski definition) is 1. The highest BCUT2D eigenvalue weighted by molar-refractivity contribution is 6.28. The van der Waals surface area contributed by atoms with Crippen LogP contribution in [0.5, 0.6) is 0 Å². The third kappa shape index (κ3) is 2.02. The van der Waals surface area contributed by atoms with Gasteiger partial charge in [0.2, 0.25) is 0 Å². The fraction of sp³-hybridized carbons (Fsp3) is 0.192. The molecule has 0 saturated carbocycles. The first kappa shape index (κ1) is 16.7. The monoisotopic (exact) mass is 380 g/mol. The van der Waals surface area contributed by atoms with Crippen LogP contribution in [0.3, 0.4) is 0 Å². The molecule has 3 heteroatoms. The summed E-state index contributed by atoms with van der Waals surface area (Å²) in [6.45, 7) is 8.85. The third-order valence-electron chi connectivity index (χ3n) is 6.16. The van der Waals surface area contributed by atoms with E-state index in [-0.39, 0.29) is 11.2 Å². The van der Waals surface area contributed by atoms with Crippen molar-refractivity contribution in [3.63, 3.8) is 0 Å². The second kappa shape index (κ2) is 5.24. The second-order valence-electron chi connectivity index (χ2n) is 9.15. The van der Waals surface area contributed by atoms with Crippen molar-refractivity contribution in [1.29, 1.82) is 0 Å². The van der Waals surface area contributed by atoms with Crippen LogP contribution in [-0.2, 0) is 5.41 Å². The van der Waals surface area contributed by atoms with Crippen LogP contribution < -0.4 is 0 Å². The van der Waals surface area contributed by atoms with E-state index in [1.54, 1.807) is 12.3 Å². The summed E-state index contributed by atoms with van der Waals surface area (Å²) in [5, 5.41) is 4.70. The van der Waals surface area contributed by atoms with Gasteiger partial charge < -0.3 is 4.40 Å². The van der Waals surface area contributed by atoms with E-state index in [2.05, 4.69) is 50.3 Å². The maximum absolute atomic E-state index is 15.4. The Labute approximate surface area is 167 Å². The van der Waals surface area contributed by atoms with Crippen LogP contribution in [0.1, 0.15) is 31.9 Å². The molecule has 6 rings (SSSR count). The summed E-state index contributed by atoms with van der Waals surface area (Å²) in [4.78, 5) is 4.79. The lowest BCUT2D eigenvalue weighted by Crippen LogP contribution is -2.14. The van der Waals surface area contributed by atoms with Crippen molar-refractivity contribution in [3.8, 4) is 0 Å². The van der Waals surface area contributed by atoms with Gasteiger partial charge in [-0.05, 0) is 47.6 Å². The van der Waals surface area contributed by atoms with Crippen molar-refractivity contribution in [2.24, 2.45) is 0 Å². The summed E-state index contributed by atoms with van der Waals surface area (Å²) in [5.41, 5.74) is 6.46. The van der Waals surface area contributed by atoms with Crippen LogP contribution in [0, 0.1) is 12.7 Å². The number of fused-ring (bicyclic) bond motifs is 6. The largest absolute Gasteiger partial charge is 0.307 e. The van der Waals surface area contributed by atoms with Gasteiger partial charge in [-0.25, -0.2) is 4.39 Å². The quantitative estimate of drug-likeness (QED) is 0.202. The molecular formula is C26H21FN2. The topological polar surface area (TPSA) is 17.3 Å². The number of hydrogen-bond donors (Lipinski definition) is 0. The Hall–Kier alpha value is -3.20. The first-order valence-electron chi connectivity index (χ1n) is 10.0. The molecule has 0 N–H and O–H groups in total. The van der Waals surface area contributed by atoms with Crippen LogP contribution in [0.15, 0.2) is 54.7 Å².